The normalized spacial score (nSPS) is 16.5. The number of nitrogens with zero attached hydrogens (tertiary/aromatic N) is 3. The number of aryl methyl sites for hydroxylation is 1. The minimum Gasteiger partial charge on any atom is -0.369 e. The lowest BCUT2D eigenvalue weighted by Crippen LogP contribution is -2.45. The molecule has 204 valence electrons. The van der Waals surface area contributed by atoms with Crippen molar-refractivity contribution in [2.24, 2.45) is 17.6 Å². The first kappa shape index (κ1) is 31.4. The van der Waals surface area contributed by atoms with E-state index in [4.69, 9.17) is 5.73 Å². The maximum atomic E-state index is 12.0. The fourth-order valence-corrected chi connectivity index (χ4v) is 5.01. The van der Waals surface area contributed by atoms with E-state index in [0.717, 1.165) is 24.9 Å². The molecule has 2 aliphatic carbocycles. The summed E-state index contributed by atoms with van der Waals surface area (Å²) in [6.45, 7) is 6.76. The molecular weight excluding hydrogens is 454 g/mol. The van der Waals surface area contributed by atoms with Gasteiger partial charge in [-0.25, -0.2) is 4.98 Å². The highest BCUT2D eigenvalue weighted by atomic mass is 16.2. The zero-order chi connectivity index (χ0) is 27.1. The average molecular weight is 504 g/mol. The molecule has 3 amide bonds. The maximum Gasteiger partial charge on any atom is 0.252 e. The predicted molar refractivity (Wildman–Crippen MR) is 147 cm³/mol. The van der Waals surface area contributed by atoms with Crippen molar-refractivity contribution in [3.63, 3.8) is 0 Å². The van der Waals surface area contributed by atoms with Crippen molar-refractivity contribution in [1.82, 2.24) is 14.8 Å². The topological polar surface area (TPSA) is 109 Å². The number of nitrogens with one attached hydrogen (secondary N) is 1. The monoisotopic (exact) mass is 503 g/mol. The first-order valence-electron chi connectivity index (χ1n) is 13.6. The summed E-state index contributed by atoms with van der Waals surface area (Å²) in [7, 11) is 5.19. The molecule has 2 saturated carbocycles. The predicted octanol–water partition coefficient (Wildman–Crippen LogP) is 4.62. The van der Waals surface area contributed by atoms with Gasteiger partial charge in [-0.15, -0.1) is 0 Å². The molecule has 1 aromatic heterocycles. The lowest BCUT2D eigenvalue weighted by atomic mass is 9.84. The van der Waals surface area contributed by atoms with Crippen LogP contribution in [0.1, 0.15) is 94.0 Å². The number of anilines is 1. The van der Waals surface area contributed by atoms with Crippen LogP contribution in [0, 0.1) is 18.8 Å². The number of carbonyl (C=O) groups is 3. The van der Waals surface area contributed by atoms with Crippen LogP contribution in [0.4, 0.5) is 5.82 Å². The van der Waals surface area contributed by atoms with Gasteiger partial charge in [0.05, 0.1) is 5.56 Å². The standard InChI is InChI=1S/C13H19N3O.C13H24N2O2.C2H6/c1-9-6-7-15-13(11(9)12(14)17)16-8-10-4-2-3-5-10;1-14(2)13(17)12(15(3)10-16)9-11-7-5-4-6-8-11;1-2/h6-7,10H,2-5,8H2,1H3,(H2,14,17)(H,15,16);10-12H,4-9H2,1-3H3;1-2H3. The van der Waals surface area contributed by atoms with Crippen LogP contribution in [0.5, 0.6) is 0 Å². The van der Waals surface area contributed by atoms with Gasteiger partial charge in [-0.1, -0.05) is 58.8 Å². The van der Waals surface area contributed by atoms with E-state index in [-0.39, 0.29) is 11.9 Å². The van der Waals surface area contributed by atoms with Gasteiger partial charge < -0.3 is 20.9 Å². The first-order chi connectivity index (χ1) is 17.2. The Bertz CT molecular complexity index is 802. The van der Waals surface area contributed by atoms with E-state index >= 15 is 0 Å². The highest BCUT2D eigenvalue weighted by Gasteiger charge is 2.28. The van der Waals surface area contributed by atoms with Crippen LogP contribution >= 0.6 is 0 Å². The van der Waals surface area contributed by atoms with Gasteiger partial charge in [0.2, 0.25) is 12.3 Å². The van der Waals surface area contributed by atoms with Crippen LogP contribution < -0.4 is 11.1 Å². The van der Waals surface area contributed by atoms with Crippen LogP contribution in [0.25, 0.3) is 0 Å². The molecule has 0 radical (unpaired) electrons. The summed E-state index contributed by atoms with van der Waals surface area (Å²) in [5.41, 5.74) is 6.78. The Labute approximate surface area is 218 Å². The van der Waals surface area contributed by atoms with Crippen LogP contribution in [0.2, 0.25) is 0 Å². The number of carbonyl (C=O) groups excluding carboxylic acids is 3. The lowest BCUT2D eigenvalue weighted by molar-refractivity contribution is -0.138. The molecule has 1 aromatic rings. The first-order valence-corrected chi connectivity index (χ1v) is 13.6. The van der Waals surface area contributed by atoms with Crippen molar-refractivity contribution in [2.75, 3.05) is 33.0 Å². The van der Waals surface area contributed by atoms with E-state index in [1.165, 1.54) is 62.7 Å². The molecule has 0 aliphatic heterocycles. The molecule has 0 spiro atoms. The summed E-state index contributed by atoms with van der Waals surface area (Å²) in [4.78, 5) is 41.6. The third-order valence-corrected chi connectivity index (χ3v) is 7.10. The number of amides is 3. The number of primary amides is 1. The van der Waals surface area contributed by atoms with Gasteiger partial charge in [0.1, 0.15) is 11.9 Å². The minimum atomic E-state index is -0.412. The number of hydrogen-bond donors (Lipinski definition) is 2. The second kappa shape index (κ2) is 16.9. The van der Waals surface area contributed by atoms with Crippen molar-refractivity contribution in [3.05, 3.63) is 23.4 Å². The summed E-state index contributed by atoms with van der Waals surface area (Å²) in [5.74, 6) is 1.55. The summed E-state index contributed by atoms with van der Waals surface area (Å²) < 4.78 is 0. The molecule has 8 nitrogen and oxygen atoms in total. The molecule has 1 atom stereocenters. The van der Waals surface area contributed by atoms with Gasteiger partial charge in [-0.05, 0) is 49.7 Å². The number of likely N-dealkylation sites (N-methyl/N-ethyl adjacent to an activating group) is 2. The van der Waals surface area contributed by atoms with Crippen molar-refractivity contribution < 1.29 is 14.4 Å². The molecule has 8 heteroatoms. The largest absolute Gasteiger partial charge is 0.369 e. The van der Waals surface area contributed by atoms with Crippen LogP contribution in [0.15, 0.2) is 12.3 Å². The quantitative estimate of drug-likeness (QED) is 0.478. The maximum absolute atomic E-state index is 12.0. The number of hydrogen-bond acceptors (Lipinski definition) is 5. The van der Waals surface area contributed by atoms with Gasteiger partial charge >= 0.3 is 0 Å². The zero-order valence-electron chi connectivity index (χ0n) is 23.4. The van der Waals surface area contributed by atoms with E-state index in [0.29, 0.717) is 23.2 Å². The lowest BCUT2D eigenvalue weighted by Gasteiger charge is -2.31. The van der Waals surface area contributed by atoms with Gasteiger partial charge in [0, 0.05) is 33.9 Å². The number of pyridine rings is 1. The Morgan fingerprint density at radius 3 is 2.14 bits per heavy atom. The van der Waals surface area contributed by atoms with Crippen molar-refractivity contribution in [2.45, 2.75) is 91.0 Å². The third kappa shape index (κ3) is 10.2. The smallest absolute Gasteiger partial charge is 0.252 e. The molecular formula is C28H49N5O3. The van der Waals surface area contributed by atoms with Gasteiger partial charge in [-0.3, -0.25) is 14.4 Å². The highest BCUT2D eigenvalue weighted by molar-refractivity contribution is 5.98. The molecule has 0 saturated heterocycles. The molecule has 0 bridgehead atoms. The van der Waals surface area contributed by atoms with Crippen molar-refractivity contribution >= 4 is 24.0 Å². The molecule has 3 N–H and O–H groups in total. The van der Waals surface area contributed by atoms with Crippen molar-refractivity contribution in [1.29, 1.82) is 0 Å². The second-order valence-corrected chi connectivity index (χ2v) is 10.0. The van der Waals surface area contributed by atoms with Crippen molar-refractivity contribution in [3.8, 4) is 0 Å². The summed E-state index contributed by atoms with van der Waals surface area (Å²) in [6.07, 6.45) is 14.7. The Morgan fingerprint density at radius 2 is 1.61 bits per heavy atom. The van der Waals surface area contributed by atoms with Gasteiger partial charge in [-0.2, -0.15) is 0 Å². The average Bonchev–Trinajstić information content (AvgIpc) is 3.41. The number of nitrogens with two attached hydrogens (primary N) is 1. The molecule has 3 rings (SSSR count). The number of rotatable bonds is 9. The summed E-state index contributed by atoms with van der Waals surface area (Å²) >= 11 is 0. The summed E-state index contributed by atoms with van der Waals surface area (Å²) in [6, 6.07) is 1.52. The zero-order valence-corrected chi connectivity index (χ0v) is 23.4. The van der Waals surface area contributed by atoms with E-state index in [1.807, 2.05) is 20.8 Å². The third-order valence-electron chi connectivity index (χ3n) is 7.10. The minimum absolute atomic E-state index is 0.0326. The Kier molecular flexibility index (Phi) is 14.8. The van der Waals surface area contributed by atoms with Crippen LogP contribution in [-0.2, 0) is 9.59 Å². The Hall–Kier alpha value is -2.64. The van der Waals surface area contributed by atoms with Gasteiger partial charge in [0.25, 0.3) is 5.91 Å². The molecule has 0 aromatic carbocycles. The Balaban J connectivity index is 0.000000337. The Morgan fingerprint density at radius 1 is 1.06 bits per heavy atom. The van der Waals surface area contributed by atoms with Crippen LogP contribution in [0.3, 0.4) is 0 Å². The number of aromatic nitrogens is 1. The molecule has 2 fully saturated rings. The van der Waals surface area contributed by atoms with Gasteiger partial charge in [0.15, 0.2) is 0 Å². The fourth-order valence-electron chi connectivity index (χ4n) is 5.01. The second-order valence-electron chi connectivity index (χ2n) is 10.0. The molecule has 36 heavy (non-hydrogen) atoms. The molecule has 2 aliphatic rings. The molecule has 1 heterocycles. The summed E-state index contributed by atoms with van der Waals surface area (Å²) in [5, 5.41) is 3.27. The van der Waals surface area contributed by atoms with E-state index in [2.05, 4.69) is 10.3 Å². The fraction of sp³-hybridized carbons (Fsp3) is 0.714. The van der Waals surface area contributed by atoms with E-state index in [1.54, 1.807) is 38.3 Å². The van der Waals surface area contributed by atoms with E-state index < -0.39 is 5.91 Å². The van der Waals surface area contributed by atoms with E-state index in [9.17, 15) is 14.4 Å². The highest BCUT2D eigenvalue weighted by Crippen LogP contribution is 2.28. The SMILES string of the molecule is CC.CN(C)C(=O)C(CC1CCCCC1)N(C)C=O.Cc1ccnc(NCC2CCCC2)c1C(N)=O. The van der Waals surface area contributed by atoms with Crippen LogP contribution in [-0.4, -0.2) is 66.7 Å². The molecule has 1 unspecified atom stereocenters.